The van der Waals surface area contributed by atoms with Crippen LogP contribution < -0.4 is 24.8 Å². The van der Waals surface area contributed by atoms with Crippen LogP contribution in [0.2, 0.25) is 0 Å². The summed E-state index contributed by atoms with van der Waals surface area (Å²) in [5.74, 6) is 0.588. The van der Waals surface area contributed by atoms with Crippen molar-refractivity contribution in [2.24, 2.45) is 0 Å². The average molecular weight is 385 g/mol. The monoisotopic (exact) mass is 385 g/mol. The van der Waals surface area contributed by atoms with Crippen LogP contribution in [-0.2, 0) is 10.0 Å². The molecule has 3 N–H and O–H groups in total. The summed E-state index contributed by atoms with van der Waals surface area (Å²) < 4.78 is 40.0. The summed E-state index contributed by atoms with van der Waals surface area (Å²) in [5, 5.41) is 12.3. The molecule has 1 aromatic heterocycles. The molecule has 0 bridgehead atoms. The molecule has 0 saturated heterocycles. The molecular weight excluding hydrogens is 366 g/mol. The van der Waals surface area contributed by atoms with Crippen LogP contribution in [0.15, 0.2) is 22.8 Å². The maximum Gasteiger partial charge on any atom is 0.319 e. The molecule has 0 unspecified atom stereocenters. The number of methoxy groups -OCH3 is 1. The zero-order valence-corrected chi connectivity index (χ0v) is 15.2. The fraction of sp³-hybridized carbons (Fsp3) is 0.357. The topological polar surface area (TPSA) is 145 Å². The van der Waals surface area contributed by atoms with Gasteiger partial charge in [-0.2, -0.15) is 0 Å². The van der Waals surface area contributed by atoms with E-state index in [1.54, 1.807) is 13.0 Å². The molecule has 142 valence electrons. The maximum atomic E-state index is 11.9. The van der Waals surface area contributed by atoms with Crippen LogP contribution in [0.1, 0.15) is 5.69 Å². The molecule has 0 saturated carbocycles. The third-order valence-corrected chi connectivity index (χ3v) is 3.58. The van der Waals surface area contributed by atoms with Crippen molar-refractivity contribution in [3.63, 3.8) is 0 Å². The standard InChI is InChI=1S/C14H19N5O6S/c1-9-13(18-25-17-9)24-7-6-15-14(20)16-10-4-5-12(23-2)11(8-10)19-26(3,21)22/h4-5,8,19H,6-7H2,1-3H3,(H2,15,16,20). The van der Waals surface area contributed by atoms with Gasteiger partial charge in [0.15, 0.2) is 0 Å². The van der Waals surface area contributed by atoms with E-state index in [9.17, 15) is 13.2 Å². The normalized spacial score (nSPS) is 10.9. The first-order valence-electron chi connectivity index (χ1n) is 7.41. The van der Waals surface area contributed by atoms with Crippen molar-refractivity contribution in [1.29, 1.82) is 0 Å². The SMILES string of the molecule is COc1ccc(NC(=O)NCCOc2nonc2C)cc1NS(C)(=O)=O. The minimum Gasteiger partial charge on any atom is -0.495 e. The number of carbonyl (C=O) groups excluding carboxylic acids is 1. The van der Waals surface area contributed by atoms with E-state index >= 15 is 0 Å². The molecule has 2 amide bonds. The van der Waals surface area contributed by atoms with E-state index in [-0.39, 0.29) is 24.7 Å². The Kier molecular flexibility index (Phi) is 6.22. The predicted molar refractivity (Wildman–Crippen MR) is 93.0 cm³/mol. The largest absolute Gasteiger partial charge is 0.495 e. The Morgan fingerprint density at radius 2 is 2.08 bits per heavy atom. The van der Waals surface area contributed by atoms with E-state index in [1.165, 1.54) is 19.2 Å². The van der Waals surface area contributed by atoms with Crippen LogP contribution in [0.3, 0.4) is 0 Å². The lowest BCUT2D eigenvalue weighted by molar-refractivity contribution is 0.240. The van der Waals surface area contributed by atoms with Crippen molar-refractivity contribution in [3.05, 3.63) is 23.9 Å². The fourth-order valence-electron chi connectivity index (χ4n) is 1.91. The molecule has 1 aromatic carbocycles. The Morgan fingerprint density at radius 1 is 1.31 bits per heavy atom. The summed E-state index contributed by atoms with van der Waals surface area (Å²) in [6.07, 6.45) is 1.02. The molecule has 2 rings (SSSR count). The number of nitrogens with one attached hydrogen (secondary N) is 3. The highest BCUT2D eigenvalue weighted by Crippen LogP contribution is 2.28. The van der Waals surface area contributed by atoms with Gasteiger partial charge in [0.05, 0.1) is 25.6 Å². The number of benzene rings is 1. The number of carbonyl (C=O) groups is 1. The third kappa shape index (κ3) is 5.81. The number of aromatic nitrogens is 2. The predicted octanol–water partition coefficient (Wildman–Crippen LogP) is 0.959. The van der Waals surface area contributed by atoms with Crippen LogP contribution >= 0.6 is 0 Å². The van der Waals surface area contributed by atoms with E-state index in [2.05, 4.69) is 30.3 Å². The smallest absolute Gasteiger partial charge is 0.319 e. The van der Waals surface area contributed by atoms with Crippen LogP contribution in [0.4, 0.5) is 16.2 Å². The second kappa shape index (κ2) is 8.38. The minimum atomic E-state index is -3.49. The van der Waals surface area contributed by atoms with Crippen molar-refractivity contribution in [3.8, 4) is 11.6 Å². The van der Waals surface area contributed by atoms with Crippen molar-refractivity contribution in [2.75, 3.05) is 36.6 Å². The quantitative estimate of drug-likeness (QED) is 0.570. The number of anilines is 2. The van der Waals surface area contributed by atoms with Crippen molar-refractivity contribution in [1.82, 2.24) is 15.6 Å². The van der Waals surface area contributed by atoms with Gasteiger partial charge in [-0.15, -0.1) is 0 Å². The van der Waals surface area contributed by atoms with Crippen molar-refractivity contribution in [2.45, 2.75) is 6.92 Å². The molecule has 0 aliphatic heterocycles. The lowest BCUT2D eigenvalue weighted by Gasteiger charge is -2.13. The lowest BCUT2D eigenvalue weighted by atomic mass is 10.2. The summed E-state index contributed by atoms with van der Waals surface area (Å²) >= 11 is 0. The van der Waals surface area contributed by atoms with Gasteiger partial charge in [0.1, 0.15) is 18.1 Å². The third-order valence-electron chi connectivity index (χ3n) is 2.99. The first kappa shape index (κ1) is 19.3. The van der Waals surface area contributed by atoms with E-state index in [0.29, 0.717) is 17.1 Å². The van der Waals surface area contributed by atoms with E-state index in [1.807, 2.05) is 0 Å². The zero-order chi connectivity index (χ0) is 19.2. The molecule has 12 heteroatoms. The highest BCUT2D eigenvalue weighted by atomic mass is 32.2. The van der Waals surface area contributed by atoms with Gasteiger partial charge < -0.3 is 20.1 Å². The van der Waals surface area contributed by atoms with Gasteiger partial charge in [-0.05, 0) is 30.3 Å². The van der Waals surface area contributed by atoms with Gasteiger partial charge in [0, 0.05) is 5.69 Å². The van der Waals surface area contributed by atoms with Crippen molar-refractivity contribution >= 4 is 27.4 Å². The molecule has 0 atom stereocenters. The Morgan fingerprint density at radius 3 is 2.69 bits per heavy atom. The van der Waals surface area contributed by atoms with E-state index in [0.717, 1.165) is 6.26 Å². The number of hydrogen-bond donors (Lipinski definition) is 3. The summed E-state index contributed by atoms with van der Waals surface area (Å²) in [5.41, 5.74) is 1.11. The summed E-state index contributed by atoms with van der Waals surface area (Å²) in [7, 11) is -2.08. The maximum absolute atomic E-state index is 11.9. The minimum absolute atomic E-state index is 0.173. The fourth-order valence-corrected chi connectivity index (χ4v) is 2.47. The second-order valence-corrected chi connectivity index (χ2v) is 6.92. The van der Waals surface area contributed by atoms with Crippen LogP contribution in [0, 0.1) is 6.92 Å². The first-order valence-corrected chi connectivity index (χ1v) is 9.30. The molecule has 2 aromatic rings. The second-order valence-electron chi connectivity index (χ2n) is 5.17. The van der Waals surface area contributed by atoms with E-state index < -0.39 is 16.1 Å². The highest BCUT2D eigenvalue weighted by molar-refractivity contribution is 7.92. The number of ether oxygens (including phenoxy) is 2. The van der Waals surface area contributed by atoms with Crippen LogP contribution in [0.25, 0.3) is 0 Å². The van der Waals surface area contributed by atoms with E-state index in [4.69, 9.17) is 9.47 Å². The Labute approximate surface area is 150 Å². The molecule has 11 nitrogen and oxygen atoms in total. The Hall–Kier alpha value is -3.02. The van der Waals surface area contributed by atoms with Crippen LogP contribution in [-0.4, -0.2) is 51.3 Å². The number of urea groups is 1. The summed E-state index contributed by atoms with van der Waals surface area (Å²) in [6.45, 7) is 2.06. The van der Waals surface area contributed by atoms with Crippen molar-refractivity contribution < 1.29 is 27.3 Å². The summed E-state index contributed by atoms with van der Waals surface area (Å²) in [4.78, 5) is 11.9. The number of aryl methyl sites for hydroxylation is 1. The lowest BCUT2D eigenvalue weighted by Crippen LogP contribution is -2.32. The van der Waals surface area contributed by atoms with Gasteiger partial charge >= 0.3 is 6.03 Å². The molecule has 0 radical (unpaired) electrons. The van der Waals surface area contributed by atoms with Crippen LogP contribution in [0.5, 0.6) is 11.6 Å². The van der Waals surface area contributed by atoms with Gasteiger partial charge in [0.25, 0.3) is 5.88 Å². The molecule has 26 heavy (non-hydrogen) atoms. The molecular formula is C14H19N5O6S. The van der Waals surface area contributed by atoms with Gasteiger partial charge in [0.2, 0.25) is 10.0 Å². The first-order chi connectivity index (χ1) is 12.3. The highest BCUT2D eigenvalue weighted by Gasteiger charge is 2.11. The molecule has 1 heterocycles. The number of rotatable bonds is 8. The summed E-state index contributed by atoms with van der Waals surface area (Å²) in [6, 6.07) is 4.07. The van der Waals surface area contributed by atoms with Gasteiger partial charge in [-0.3, -0.25) is 4.72 Å². The number of hydrogen-bond acceptors (Lipinski definition) is 8. The molecule has 0 aliphatic rings. The average Bonchev–Trinajstić information content (AvgIpc) is 2.95. The Bertz CT molecular complexity index is 866. The molecule has 0 spiro atoms. The molecule has 0 fully saturated rings. The number of sulfonamides is 1. The van der Waals surface area contributed by atoms with Gasteiger partial charge in [-0.25, -0.2) is 17.8 Å². The zero-order valence-electron chi connectivity index (χ0n) is 14.4. The Balaban J connectivity index is 1.88. The number of nitrogens with zero attached hydrogens (tertiary/aromatic N) is 2. The molecule has 0 aliphatic carbocycles. The van der Waals surface area contributed by atoms with Gasteiger partial charge in [-0.1, -0.05) is 5.16 Å². The number of amides is 2.